The molecule has 1 saturated carbocycles. The first kappa shape index (κ1) is 11.0. The average Bonchev–Trinajstić information content (AvgIpc) is 2.99. The van der Waals surface area contributed by atoms with E-state index in [0.29, 0.717) is 6.04 Å². The van der Waals surface area contributed by atoms with E-state index in [0.717, 1.165) is 24.3 Å². The summed E-state index contributed by atoms with van der Waals surface area (Å²) in [6.45, 7) is 3.36. The lowest BCUT2D eigenvalue weighted by molar-refractivity contribution is 0.393. The monoisotopic (exact) mass is 228 g/mol. The molecule has 2 bridgehead atoms. The van der Waals surface area contributed by atoms with Crippen LogP contribution in [0.1, 0.15) is 31.4 Å². The first-order valence-electron chi connectivity index (χ1n) is 6.64. The third kappa shape index (κ3) is 2.27. The second kappa shape index (κ2) is 4.61. The summed E-state index contributed by atoms with van der Waals surface area (Å²) < 4.78 is 0. The van der Waals surface area contributed by atoms with E-state index in [4.69, 9.17) is 0 Å². The highest BCUT2D eigenvalue weighted by Crippen LogP contribution is 2.43. The van der Waals surface area contributed by atoms with Crippen LogP contribution in [-0.4, -0.2) is 11.5 Å². The Morgan fingerprint density at radius 3 is 3.00 bits per heavy atom. The highest BCUT2D eigenvalue weighted by molar-refractivity contribution is 5.14. The first-order chi connectivity index (χ1) is 8.33. The van der Waals surface area contributed by atoms with Gasteiger partial charge in [0.1, 0.15) is 0 Å². The molecule has 4 atom stereocenters. The van der Waals surface area contributed by atoms with Crippen molar-refractivity contribution in [2.24, 2.45) is 17.8 Å². The fraction of sp³-hybridized carbons (Fsp3) is 0.533. The molecule has 0 amide bonds. The van der Waals surface area contributed by atoms with Crippen LogP contribution in [0.3, 0.4) is 0 Å². The van der Waals surface area contributed by atoms with Crippen molar-refractivity contribution >= 4 is 0 Å². The minimum Gasteiger partial charge on any atom is -0.310 e. The number of fused-ring (bicyclic) bond motifs is 2. The number of hydrogen-bond donors (Lipinski definition) is 1. The molecule has 2 aliphatic rings. The summed E-state index contributed by atoms with van der Waals surface area (Å²) >= 11 is 0. The maximum atomic E-state index is 4.17. The Bertz CT molecular complexity index is 399. The van der Waals surface area contributed by atoms with E-state index in [9.17, 15) is 0 Å². The summed E-state index contributed by atoms with van der Waals surface area (Å²) in [6.07, 6.45) is 11.4. The van der Waals surface area contributed by atoms with Gasteiger partial charge in [-0.3, -0.25) is 4.98 Å². The standard InChI is InChI=1S/C15H20N2/c1-11(14-3-2-6-16-9-14)17-10-15-8-12-4-5-13(15)7-12/h2-6,9,11-13,15,17H,7-8,10H2,1H3. The van der Waals surface area contributed by atoms with Gasteiger partial charge in [0.25, 0.3) is 0 Å². The predicted octanol–water partition coefficient (Wildman–Crippen LogP) is 2.94. The highest BCUT2D eigenvalue weighted by Gasteiger charge is 2.35. The van der Waals surface area contributed by atoms with Crippen molar-refractivity contribution in [3.8, 4) is 0 Å². The molecule has 1 heterocycles. The van der Waals surface area contributed by atoms with Gasteiger partial charge in [0, 0.05) is 18.4 Å². The van der Waals surface area contributed by atoms with Crippen LogP contribution in [0, 0.1) is 17.8 Å². The zero-order valence-electron chi connectivity index (χ0n) is 10.3. The SMILES string of the molecule is CC(NCC1CC2C=CC1C2)c1cccnc1. The van der Waals surface area contributed by atoms with Crippen LogP contribution < -0.4 is 5.32 Å². The minimum atomic E-state index is 0.409. The van der Waals surface area contributed by atoms with E-state index in [1.54, 1.807) is 0 Å². The molecule has 17 heavy (non-hydrogen) atoms. The topological polar surface area (TPSA) is 24.9 Å². The van der Waals surface area contributed by atoms with Gasteiger partial charge in [0.05, 0.1) is 0 Å². The fourth-order valence-corrected chi connectivity index (χ4v) is 3.21. The molecular weight excluding hydrogens is 208 g/mol. The summed E-state index contributed by atoms with van der Waals surface area (Å²) in [5.41, 5.74) is 1.28. The normalized spacial score (nSPS) is 31.9. The van der Waals surface area contributed by atoms with Crippen LogP contribution in [0.2, 0.25) is 0 Å². The number of allylic oxidation sites excluding steroid dienone is 2. The molecule has 90 valence electrons. The van der Waals surface area contributed by atoms with Gasteiger partial charge in [-0.15, -0.1) is 0 Å². The van der Waals surface area contributed by atoms with E-state index in [-0.39, 0.29) is 0 Å². The maximum absolute atomic E-state index is 4.17. The number of hydrogen-bond acceptors (Lipinski definition) is 2. The van der Waals surface area contributed by atoms with Crippen molar-refractivity contribution in [1.82, 2.24) is 10.3 Å². The molecule has 0 aliphatic heterocycles. The molecule has 1 fully saturated rings. The molecule has 4 unspecified atom stereocenters. The predicted molar refractivity (Wildman–Crippen MR) is 69.5 cm³/mol. The fourth-order valence-electron chi connectivity index (χ4n) is 3.21. The molecule has 0 aromatic carbocycles. The first-order valence-corrected chi connectivity index (χ1v) is 6.64. The van der Waals surface area contributed by atoms with Crippen molar-refractivity contribution < 1.29 is 0 Å². The number of nitrogens with one attached hydrogen (secondary N) is 1. The van der Waals surface area contributed by atoms with Crippen molar-refractivity contribution in [2.75, 3.05) is 6.54 Å². The van der Waals surface area contributed by atoms with Crippen LogP contribution in [0.5, 0.6) is 0 Å². The molecule has 1 aromatic rings. The van der Waals surface area contributed by atoms with Crippen molar-refractivity contribution in [1.29, 1.82) is 0 Å². The lowest BCUT2D eigenvalue weighted by atomic mass is 9.93. The second-order valence-electron chi connectivity index (χ2n) is 5.46. The second-order valence-corrected chi connectivity index (χ2v) is 5.46. The smallest absolute Gasteiger partial charge is 0.0315 e. The molecule has 1 aromatic heterocycles. The summed E-state index contributed by atoms with van der Waals surface area (Å²) in [6, 6.07) is 4.56. The Balaban J connectivity index is 1.53. The van der Waals surface area contributed by atoms with Gasteiger partial charge in [0.15, 0.2) is 0 Å². The number of pyridine rings is 1. The van der Waals surface area contributed by atoms with Crippen LogP contribution in [0.25, 0.3) is 0 Å². The molecule has 3 rings (SSSR count). The lowest BCUT2D eigenvalue weighted by Gasteiger charge is -2.21. The maximum Gasteiger partial charge on any atom is 0.0315 e. The van der Waals surface area contributed by atoms with Gasteiger partial charge in [-0.1, -0.05) is 18.2 Å². The molecule has 2 heteroatoms. The van der Waals surface area contributed by atoms with Crippen LogP contribution >= 0.6 is 0 Å². The average molecular weight is 228 g/mol. The highest BCUT2D eigenvalue weighted by atomic mass is 14.9. The lowest BCUT2D eigenvalue weighted by Crippen LogP contribution is -2.27. The Kier molecular flexibility index (Phi) is 2.98. The van der Waals surface area contributed by atoms with Crippen molar-refractivity contribution in [3.05, 3.63) is 42.2 Å². The third-order valence-electron chi connectivity index (χ3n) is 4.29. The zero-order valence-corrected chi connectivity index (χ0v) is 10.3. The van der Waals surface area contributed by atoms with E-state index in [2.05, 4.69) is 35.4 Å². The number of aromatic nitrogens is 1. The summed E-state index contributed by atoms with van der Waals surface area (Å²) in [5, 5.41) is 3.65. The van der Waals surface area contributed by atoms with Gasteiger partial charge in [-0.05, 0) is 55.7 Å². The van der Waals surface area contributed by atoms with Gasteiger partial charge in [-0.2, -0.15) is 0 Å². The van der Waals surface area contributed by atoms with E-state index < -0.39 is 0 Å². The Hall–Kier alpha value is -1.15. The Morgan fingerprint density at radius 1 is 1.41 bits per heavy atom. The Morgan fingerprint density at radius 2 is 2.35 bits per heavy atom. The van der Waals surface area contributed by atoms with Gasteiger partial charge in [0.2, 0.25) is 0 Å². The largest absolute Gasteiger partial charge is 0.310 e. The molecule has 2 aliphatic carbocycles. The van der Waals surface area contributed by atoms with Crippen molar-refractivity contribution in [3.63, 3.8) is 0 Å². The zero-order chi connectivity index (χ0) is 11.7. The molecule has 0 saturated heterocycles. The van der Waals surface area contributed by atoms with Crippen LogP contribution in [-0.2, 0) is 0 Å². The van der Waals surface area contributed by atoms with Gasteiger partial charge < -0.3 is 5.32 Å². The van der Waals surface area contributed by atoms with Crippen LogP contribution in [0.15, 0.2) is 36.7 Å². The van der Waals surface area contributed by atoms with E-state index in [1.165, 1.54) is 18.4 Å². The minimum absolute atomic E-state index is 0.409. The van der Waals surface area contributed by atoms with E-state index in [1.807, 2.05) is 18.5 Å². The van der Waals surface area contributed by atoms with Crippen LogP contribution in [0.4, 0.5) is 0 Å². The Labute approximate surface area is 103 Å². The van der Waals surface area contributed by atoms with Gasteiger partial charge >= 0.3 is 0 Å². The molecule has 2 nitrogen and oxygen atoms in total. The van der Waals surface area contributed by atoms with Gasteiger partial charge in [-0.25, -0.2) is 0 Å². The quantitative estimate of drug-likeness (QED) is 0.801. The summed E-state index contributed by atoms with van der Waals surface area (Å²) in [4.78, 5) is 4.17. The van der Waals surface area contributed by atoms with E-state index >= 15 is 0 Å². The number of nitrogens with zero attached hydrogens (tertiary/aromatic N) is 1. The molecular formula is C15H20N2. The molecule has 1 N–H and O–H groups in total. The molecule has 0 radical (unpaired) electrons. The van der Waals surface area contributed by atoms with Crippen molar-refractivity contribution in [2.45, 2.75) is 25.8 Å². The molecule has 0 spiro atoms. The summed E-state index contributed by atoms with van der Waals surface area (Å²) in [5.74, 6) is 2.57. The number of rotatable bonds is 4. The third-order valence-corrected chi connectivity index (χ3v) is 4.29. The summed E-state index contributed by atoms with van der Waals surface area (Å²) in [7, 11) is 0.